The molecule has 132 valence electrons. The lowest BCUT2D eigenvalue weighted by Gasteiger charge is -2.09. The number of nitriles is 1. The Balaban J connectivity index is 2.26. The van der Waals surface area contributed by atoms with Crippen LogP contribution in [0.15, 0.2) is 48.0 Å². The number of ether oxygens (including phenoxy) is 1. The Kier molecular flexibility index (Phi) is 6.61. The number of aliphatic carboxylic acids is 1. The molecule has 0 aliphatic carbocycles. The van der Waals surface area contributed by atoms with Gasteiger partial charge in [0.2, 0.25) is 0 Å². The molecule has 0 aliphatic heterocycles. The summed E-state index contributed by atoms with van der Waals surface area (Å²) < 4.78 is 5.15. The second-order valence-electron chi connectivity index (χ2n) is 4.97. The lowest BCUT2D eigenvalue weighted by Crippen LogP contribution is -2.14. The summed E-state index contributed by atoms with van der Waals surface area (Å²) in [5.41, 5.74) is 0.489. The predicted octanol–water partition coefficient (Wildman–Crippen LogP) is 4.00. The van der Waals surface area contributed by atoms with E-state index in [-0.39, 0.29) is 16.3 Å². The number of rotatable bonds is 6. The number of amides is 1. The monoisotopic (exact) mass is 390 g/mol. The average molecular weight is 391 g/mol. The molecular weight excluding hydrogens is 379 g/mol. The fourth-order valence-corrected chi connectivity index (χ4v) is 2.41. The molecule has 0 fully saturated rings. The van der Waals surface area contributed by atoms with Gasteiger partial charge < -0.3 is 15.2 Å². The van der Waals surface area contributed by atoms with Crippen molar-refractivity contribution in [2.75, 3.05) is 11.9 Å². The maximum Gasteiger partial charge on any atom is 0.341 e. The van der Waals surface area contributed by atoms with Gasteiger partial charge in [0.15, 0.2) is 6.61 Å². The van der Waals surface area contributed by atoms with E-state index in [0.29, 0.717) is 16.3 Å². The van der Waals surface area contributed by atoms with Crippen LogP contribution in [-0.2, 0) is 9.59 Å². The second-order valence-corrected chi connectivity index (χ2v) is 5.81. The smallest absolute Gasteiger partial charge is 0.341 e. The molecule has 1 amide bonds. The van der Waals surface area contributed by atoms with Crippen molar-refractivity contribution in [3.05, 3.63) is 63.6 Å². The number of hydrogen-bond donors (Lipinski definition) is 2. The number of nitrogens with one attached hydrogen (secondary N) is 1. The van der Waals surface area contributed by atoms with E-state index in [1.54, 1.807) is 30.3 Å². The van der Waals surface area contributed by atoms with Crippen molar-refractivity contribution in [3.8, 4) is 11.8 Å². The number of carbonyl (C=O) groups excluding carboxylic acids is 1. The zero-order chi connectivity index (χ0) is 19.1. The Hall–Kier alpha value is -3.01. The van der Waals surface area contributed by atoms with E-state index >= 15 is 0 Å². The van der Waals surface area contributed by atoms with Crippen LogP contribution in [0.1, 0.15) is 5.56 Å². The molecule has 0 heterocycles. The van der Waals surface area contributed by atoms with Gasteiger partial charge in [-0.15, -0.1) is 0 Å². The molecule has 0 saturated heterocycles. The van der Waals surface area contributed by atoms with E-state index < -0.39 is 18.5 Å². The molecule has 8 heteroatoms. The molecule has 2 aromatic rings. The average Bonchev–Trinajstić information content (AvgIpc) is 2.60. The number of carboxylic acids is 1. The number of para-hydroxylation sites is 1. The zero-order valence-electron chi connectivity index (χ0n) is 13.2. The fraction of sp³-hybridized carbons (Fsp3) is 0.0556. The zero-order valence-corrected chi connectivity index (χ0v) is 14.7. The summed E-state index contributed by atoms with van der Waals surface area (Å²) in [5, 5.41) is 21.2. The Bertz CT molecular complexity index is 920. The maximum atomic E-state index is 12.3. The molecule has 0 bridgehead atoms. The van der Waals surface area contributed by atoms with Crippen LogP contribution in [0.3, 0.4) is 0 Å². The van der Waals surface area contributed by atoms with E-state index in [0.717, 1.165) is 0 Å². The number of carbonyl (C=O) groups is 2. The van der Waals surface area contributed by atoms with Crippen LogP contribution < -0.4 is 10.1 Å². The molecule has 2 N–H and O–H groups in total. The first kappa shape index (κ1) is 19.3. The molecule has 26 heavy (non-hydrogen) atoms. The molecule has 0 unspecified atom stereocenters. The van der Waals surface area contributed by atoms with Gasteiger partial charge in [0.25, 0.3) is 5.91 Å². The van der Waals surface area contributed by atoms with Gasteiger partial charge in [0, 0.05) is 10.6 Å². The number of halogens is 2. The first-order valence-electron chi connectivity index (χ1n) is 7.22. The summed E-state index contributed by atoms with van der Waals surface area (Å²) in [4.78, 5) is 23.0. The van der Waals surface area contributed by atoms with Crippen molar-refractivity contribution >= 4 is 46.8 Å². The Morgan fingerprint density at radius 3 is 2.62 bits per heavy atom. The number of anilines is 1. The summed E-state index contributed by atoms with van der Waals surface area (Å²) in [5.74, 6) is -1.58. The molecule has 2 aromatic carbocycles. The van der Waals surface area contributed by atoms with Crippen LogP contribution in [0.4, 0.5) is 5.69 Å². The maximum absolute atomic E-state index is 12.3. The van der Waals surface area contributed by atoms with E-state index in [1.807, 2.05) is 0 Å². The Labute approximate surface area is 159 Å². The number of nitrogens with zero attached hydrogens (tertiary/aromatic N) is 1. The molecular formula is C18H12Cl2N2O4. The normalized spacial score (nSPS) is 10.7. The second kappa shape index (κ2) is 8.90. The van der Waals surface area contributed by atoms with Crippen LogP contribution in [0.25, 0.3) is 6.08 Å². The van der Waals surface area contributed by atoms with Gasteiger partial charge in [-0.05, 0) is 30.3 Å². The largest absolute Gasteiger partial charge is 0.481 e. The molecule has 6 nitrogen and oxygen atoms in total. The molecule has 2 rings (SSSR count). The number of benzene rings is 2. The van der Waals surface area contributed by atoms with Crippen molar-refractivity contribution in [2.24, 2.45) is 0 Å². The minimum absolute atomic E-state index is 0.206. The topological polar surface area (TPSA) is 99.4 Å². The summed E-state index contributed by atoms with van der Waals surface area (Å²) in [7, 11) is 0. The van der Waals surface area contributed by atoms with E-state index in [2.05, 4.69) is 5.32 Å². The third kappa shape index (κ3) is 5.24. The summed E-state index contributed by atoms with van der Waals surface area (Å²) in [6, 6.07) is 12.8. The van der Waals surface area contributed by atoms with Crippen LogP contribution in [0.2, 0.25) is 10.0 Å². The first-order chi connectivity index (χ1) is 12.4. The quantitative estimate of drug-likeness (QED) is 0.573. The summed E-state index contributed by atoms with van der Waals surface area (Å²) >= 11 is 11.8. The van der Waals surface area contributed by atoms with Gasteiger partial charge in [0.05, 0.1) is 10.7 Å². The van der Waals surface area contributed by atoms with Crippen molar-refractivity contribution in [2.45, 2.75) is 0 Å². The van der Waals surface area contributed by atoms with E-state index in [9.17, 15) is 14.9 Å². The lowest BCUT2D eigenvalue weighted by atomic mass is 10.1. The summed E-state index contributed by atoms with van der Waals surface area (Å²) in [6.45, 7) is -0.542. The molecule has 0 aromatic heterocycles. The summed E-state index contributed by atoms with van der Waals surface area (Å²) in [6.07, 6.45) is 1.30. The highest BCUT2D eigenvalue weighted by Crippen LogP contribution is 2.26. The van der Waals surface area contributed by atoms with Gasteiger partial charge in [-0.1, -0.05) is 41.4 Å². The SMILES string of the molecule is N#C/C(=C\c1ccccc1OCC(=O)O)C(=O)Nc1ccc(Cl)cc1Cl. The van der Waals surface area contributed by atoms with Crippen molar-refractivity contribution < 1.29 is 19.4 Å². The fourth-order valence-electron chi connectivity index (χ4n) is 1.96. The third-order valence-corrected chi connectivity index (χ3v) is 3.66. The van der Waals surface area contributed by atoms with Crippen molar-refractivity contribution in [3.63, 3.8) is 0 Å². The minimum atomic E-state index is -1.14. The molecule has 0 saturated carbocycles. The van der Waals surface area contributed by atoms with Crippen LogP contribution >= 0.6 is 23.2 Å². The van der Waals surface area contributed by atoms with Crippen LogP contribution in [-0.4, -0.2) is 23.6 Å². The highest BCUT2D eigenvalue weighted by Gasteiger charge is 2.13. The lowest BCUT2D eigenvalue weighted by molar-refractivity contribution is -0.139. The van der Waals surface area contributed by atoms with Gasteiger partial charge in [-0.3, -0.25) is 4.79 Å². The van der Waals surface area contributed by atoms with Crippen molar-refractivity contribution in [1.82, 2.24) is 0 Å². The van der Waals surface area contributed by atoms with Gasteiger partial charge in [0.1, 0.15) is 17.4 Å². The Morgan fingerprint density at radius 1 is 1.23 bits per heavy atom. The first-order valence-corrected chi connectivity index (χ1v) is 7.98. The minimum Gasteiger partial charge on any atom is -0.481 e. The standard InChI is InChI=1S/C18H12Cl2N2O4/c19-13-5-6-15(14(20)8-13)22-18(25)12(9-21)7-11-3-1-2-4-16(11)26-10-17(23)24/h1-8H,10H2,(H,22,25)(H,23,24)/b12-7+. The highest BCUT2D eigenvalue weighted by molar-refractivity contribution is 6.36. The predicted molar refractivity (Wildman–Crippen MR) is 98.3 cm³/mol. The highest BCUT2D eigenvalue weighted by atomic mass is 35.5. The molecule has 0 aliphatic rings. The molecule has 0 atom stereocenters. The Morgan fingerprint density at radius 2 is 1.96 bits per heavy atom. The number of hydrogen-bond acceptors (Lipinski definition) is 4. The van der Waals surface area contributed by atoms with Crippen LogP contribution in [0.5, 0.6) is 5.75 Å². The number of carboxylic acid groups (broad SMARTS) is 1. The van der Waals surface area contributed by atoms with Gasteiger partial charge in [-0.2, -0.15) is 5.26 Å². The molecule has 0 radical (unpaired) electrons. The third-order valence-electron chi connectivity index (χ3n) is 3.11. The molecule has 0 spiro atoms. The van der Waals surface area contributed by atoms with E-state index in [4.69, 9.17) is 33.0 Å². The van der Waals surface area contributed by atoms with Crippen LogP contribution in [0, 0.1) is 11.3 Å². The van der Waals surface area contributed by atoms with Crippen molar-refractivity contribution in [1.29, 1.82) is 5.26 Å². The van der Waals surface area contributed by atoms with Gasteiger partial charge >= 0.3 is 5.97 Å². The van der Waals surface area contributed by atoms with E-state index in [1.165, 1.54) is 24.3 Å². The van der Waals surface area contributed by atoms with Gasteiger partial charge in [-0.25, -0.2) is 4.79 Å².